The molecule has 0 bridgehead atoms. The van der Waals surface area contributed by atoms with Gasteiger partial charge in [-0.05, 0) is 18.9 Å². The quantitative estimate of drug-likeness (QED) is 0.937. The Morgan fingerprint density at radius 3 is 2.82 bits per heavy atom. The second kappa shape index (κ2) is 6.77. The maximum atomic E-state index is 12.3. The van der Waals surface area contributed by atoms with Gasteiger partial charge in [-0.15, -0.1) is 11.3 Å². The number of amides is 1. The van der Waals surface area contributed by atoms with Gasteiger partial charge in [0.25, 0.3) is 0 Å². The van der Waals surface area contributed by atoms with E-state index in [9.17, 15) is 9.90 Å². The lowest BCUT2D eigenvalue weighted by molar-refractivity contribution is -0.132. The number of nitrogens with zero attached hydrogens (tertiary/aromatic N) is 2. The van der Waals surface area contributed by atoms with Crippen LogP contribution in [0.4, 0.5) is 0 Å². The van der Waals surface area contributed by atoms with E-state index in [1.807, 2.05) is 29.6 Å². The smallest absolute Gasteiger partial charge is 0.228 e. The van der Waals surface area contributed by atoms with Crippen LogP contribution in [0.5, 0.6) is 0 Å². The number of aliphatic hydroxyl groups is 1. The molecule has 4 nitrogen and oxygen atoms in total. The van der Waals surface area contributed by atoms with Crippen LogP contribution in [0.15, 0.2) is 29.6 Å². The summed E-state index contributed by atoms with van der Waals surface area (Å²) in [6.45, 7) is 1.25. The molecular formula is C16H17ClN2O2S. The molecule has 116 valence electrons. The largest absolute Gasteiger partial charge is 0.393 e. The minimum absolute atomic E-state index is 0.0721. The number of rotatable bonds is 3. The Labute approximate surface area is 138 Å². The van der Waals surface area contributed by atoms with Gasteiger partial charge < -0.3 is 10.0 Å². The fourth-order valence-electron chi connectivity index (χ4n) is 2.53. The van der Waals surface area contributed by atoms with Crippen molar-refractivity contribution in [3.8, 4) is 10.6 Å². The van der Waals surface area contributed by atoms with Crippen LogP contribution in [-0.2, 0) is 11.2 Å². The van der Waals surface area contributed by atoms with Gasteiger partial charge in [0.15, 0.2) is 0 Å². The third kappa shape index (κ3) is 3.48. The van der Waals surface area contributed by atoms with E-state index in [1.165, 1.54) is 11.3 Å². The van der Waals surface area contributed by atoms with E-state index in [0.717, 1.165) is 16.3 Å². The number of likely N-dealkylation sites (tertiary alicyclic amines) is 1. The number of hydrogen-bond donors (Lipinski definition) is 1. The van der Waals surface area contributed by atoms with Crippen molar-refractivity contribution in [2.24, 2.45) is 0 Å². The molecular weight excluding hydrogens is 320 g/mol. The molecule has 1 aliphatic rings. The molecule has 1 N–H and O–H groups in total. The van der Waals surface area contributed by atoms with Gasteiger partial charge in [-0.2, -0.15) is 0 Å². The van der Waals surface area contributed by atoms with Crippen molar-refractivity contribution in [3.05, 3.63) is 40.4 Å². The topological polar surface area (TPSA) is 53.4 Å². The van der Waals surface area contributed by atoms with E-state index in [1.54, 1.807) is 4.90 Å². The Bertz CT molecular complexity index is 666. The molecule has 22 heavy (non-hydrogen) atoms. The van der Waals surface area contributed by atoms with Gasteiger partial charge in [-0.3, -0.25) is 4.79 Å². The van der Waals surface area contributed by atoms with Gasteiger partial charge in [-0.1, -0.05) is 29.8 Å². The van der Waals surface area contributed by atoms with Crippen LogP contribution < -0.4 is 0 Å². The standard InChI is InChI=1S/C16H17ClN2O2S/c17-14-4-2-1-3-13(14)16-18-11(10-22-16)9-15(21)19-7-5-12(20)6-8-19/h1-4,10,12,20H,5-9H2. The molecule has 1 saturated heterocycles. The number of halogens is 1. The summed E-state index contributed by atoms with van der Waals surface area (Å²) in [5.74, 6) is 0.0721. The molecule has 0 unspecified atom stereocenters. The number of carbonyl (C=O) groups is 1. The van der Waals surface area contributed by atoms with Gasteiger partial charge in [-0.25, -0.2) is 4.98 Å². The van der Waals surface area contributed by atoms with E-state index < -0.39 is 0 Å². The van der Waals surface area contributed by atoms with Gasteiger partial charge in [0.1, 0.15) is 5.01 Å². The third-order valence-corrected chi connectivity index (χ3v) is 5.06. The minimum Gasteiger partial charge on any atom is -0.393 e. The molecule has 0 aliphatic carbocycles. The SMILES string of the molecule is O=C(Cc1csc(-c2ccccc2Cl)n1)N1CCC(O)CC1. The molecule has 0 spiro atoms. The number of thiazole rings is 1. The van der Waals surface area contributed by atoms with Crippen LogP contribution in [0, 0.1) is 0 Å². The number of benzene rings is 1. The molecule has 0 atom stereocenters. The second-order valence-corrected chi connectivity index (χ2v) is 6.68. The minimum atomic E-state index is -0.268. The lowest BCUT2D eigenvalue weighted by atomic mass is 10.1. The third-order valence-electron chi connectivity index (χ3n) is 3.81. The van der Waals surface area contributed by atoms with Crippen LogP contribution in [0.2, 0.25) is 5.02 Å². The number of aliphatic hydroxyl groups excluding tert-OH is 1. The van der Waals surface area contributed by atoms with Crippen molar-refractivity contribution < 1.29 is 9.90 Å². The van der Waals surface area contributed by atoms with Gasteiger partial charge in [0, 0.05) is 24.0 Å². The van der Waals surface area contributed by atoms with E-state index in [0.29, 0.717) is 37.4 Å². The first kappa shape index (κ1) is 15.5. The maximum Gasteiger partial charge on any atom is 0.228 e. The summed E-state index contributed by atoms with van der Waals surface area (Å²) in [5, 5.41) is 12.9. The molecule has 1 aromatic heterocycles. The molecule has 1 amide bonds. The summed E-state index contributed by atoms with van der Waals surface area (Å²) >= 11 is 7.68. The molecule has 1 aliphatic heterocycles. The van der Waals surface area contributed by atoms with Gasteiger partial charge >= 0.3 is 0 Å². The van der Waals surface area contributed by atoms with Crippen LogP contribution >= 0.6 is 22.9 Å². The van der Waals surface area contributed by atoms with Crippen LogP contribution in [-0.4, -0.2) is 40.1 Å². The highest BCUT2D eigenvalue weighted by Crippen LogP contribution is 2.30. The molecule has 3 rings (SSSR count). The summed E-state index contributed by atoms with van der Waals surface area (Å²) in [6, 6.07) is 7.57. The van der Waals surface area contributed by atoms with Crippen molar-refractivity contribution in [1.82, 2.24) is 9.88 Å². The molecule has 0 saturated carbocycles. The van der Waals surface area contributed by atoms with Crippen LogP contribution in [0.1, 0.15) is 18.5 Å². The highest BCUT2D eigenvalue weighted by atomic mass is 35.5. The van der Waals surface area contributed by atoms with E-state index >= 15 is 0 Å². The lowest BCUT2D eigenvalue weighted by Crippen LogP contribution is -2.40. The summed E-state index contributed by atoms with van der Waals surface area (Å²) in [6.07, 6.45) is 1.36. The van der Waals surface area contributed by atoms with Crippen LogP contribution in [0.3, 0.4) is 0 Å². The van der Waals surface area contributed by atoms with E-state index in [4.69, 9.17) is 11.6 Å². The molecule has 0 radical (unpaired) electrons. The Kier molecular flexibility index (Phi) is 4.76. The first-order valence-corrected chi connectivity index (χ1v) is 8.54. The van der Waals surface area contributed by atoms with Crippen molar-refractivity contribution in [2.45, 2.75) is 25.4 Å². The molecule has 1 fully saturated rings. The van der Waals surface area contributed by atoms with Crippen molar-refractivity contribution in [3.63, 3.8) is 0 Å². The summed E-state index contributed by atoms with van der Waals surface area (Å²) in [7, 11) is 0. The number of carbonyl (C=O) groups excluding carboxylic acids is 1. The monoisotopic (exact) mass is 336 g/mol. The average molecular weight is 337 g/mol. The fourth-order valence-corrected chi connectivity index (χ4v) is 3.67. The molecule has 1 aromatic carbocycles. The van der Waals surface area contributed by atoms with Gasteiger partial charge in [0.05, 0.1) is 23.2 Å². The highest BCUT2D eigenvalue weighted by Gasteiger charge is 2.22. The predicted octanol–water partition coefficient (Wildman–Crippen LogP) is 2.99. The molecule has 6 heteroatoms. The Morgan fingerprint density at radius 2 is 2.09 bits per heavy atom. The normalized spacial score (nSPS) is 16.0. The van der Waals surface area contributed by atoms with Crippen LogP contribution in [0.25, 0.3) is 10.6 Å². The average Bonchev–Trinajstić information content (AvgIpc) is 2.96. The number of piperidine rings is 1. The van der Waals surface area contributed by atoms with Crippen molar-refractivity contribution >= 4 is 28.8 Å². The first-order chi connectivity index (χ1) is 10.6. The second-order valence-electron chi connectivity index (χ2n) is 5.41. The maximum absolute atomic E-state index is 12.3. The lowest BCUT2D eigenvalue weighted by Gasteiger charge is -2.29. The summed E-state index contributed by atoms with van der Waals surface area (Å²) in [5.41, 5.74) is 1.67. The Balaban J connectivity index is 1.67. The summed E-state index contributed by atoms with van der Waals surface area (Å²) < 4.78 is 0. The molecule has 2 heterocycles. The highest BCUT2D eigenvalue weighted by molar-refractivity contribution is 7.13. The van der Waals surface area contributed by atoms with E-state index in [-0.39, 0.29) is 12.0 Å². The number of hydrogen-bond acceptors (Lipinski definition) is 4. The number of aromatic nitrogens is 1. The zero-order valence-electron chi connectivity index (χ0n) is 12.0. The predicted molar refractivity (Wildman–Crippen MR) is 88.1 cm³/mol. The summed E-state index contributed by atoms with van der Waals surface area (Å²) in [4.78, 5) is 18.6. The Morgan fingerprint density at radius 1 is 1.36 bits per heavy atom. The zero-order chi connectivity index (χ0) is 15.5. The first-order valence-electron chi connectivity index (χ1n) is 7.28. The fraction of sp³-hybridized carbons (Fsp3) is 0.375. The van der Waals surface area contributed by atoms with Crippen molar-refractivity contribution in [1.29, 1.82) is 0 Å². The van der Waals surface area contributed by atoms with Crippen molar-refractivity contribution in [2.75, 3.05) is 13.1 Å². The van der Waals surface area contributed by atoms with E-state index in [2.05, 4.69) is 4.98 Å². The molecule has 2 aromatic rings. The van der Waals surface area contributed by atoms with Gasteiger partial charge in [0.2, 0.25) is 5.91 Å². The Hall–Kier alpha value is -1.43. The zero-order valence-corrected chi connectivity index (χ0v) is 13.6.